The van der Waals surface area contributed by atoms with E-state index in [-0.39, 0.29) is 5.82 Å². The predicted octanol–water partition coefficient (Wildman–Crippen LogP) is 2.83. The number of rotatable bonds is 2. The van der Waals surface area contributed by atoms with Crippen LogP contribution >= 0.6 is 11.3 Å². The largest absolute Gasteiger partial charge is 0.496 e. The highest BCUT2D eigenvalue weighted by Gasteiger charge is 2.11. The van der Waals surface area contributed by atoms with E-state index in [0.29, 0.717) is 22.0 Å². The van der Waals surface area contributed by atoms with Crippen molar-refractivity contribution >= 4 is 11.3 Å². The number of thiazole rings is 1. The first-order chi connectivity index (χ1) is 7.74. The van der Waals surface area contributed by atoms with Crippen molar-refractivity contribution in [2.45, 2.75) is 0 Å². The molecule has 0 fully saturated rings. The lowest BCUT2D eigenvalue weighted by molar-refractivity contribution is 0.415. The molecule has 0 N–H and O–H groups in total. The monoisotopic (exact) mass is 234 g/mol. The molecule has 2 rings (SSSR count). The van der Waals surface area contributed by atoms with Crippen LogP contribution in [-0.4, -0.2) is 12.1 Å². The maximum absolute atomic E-state index is 13.1. The molecule has 3 nitrogen and oxygen atoms in total. The summed E-state index contributed by atoms with van der Waals surface area (Å²) in [7, 11) is 1.51. The van der Waals surface area contributed by atoms with Gasteiger partial charge in [-0.2, -0.15) is 5.26 Å². The molecule has 0 radical (unpaired) electrons. The Labute approximate surface area is 95.8 Å². The van der Waals surface area contributed by atoms with Crippen molar-refractivity contribution in [3.05, 3.63) is 35.1 Å². The van der Waals surface area contributed by atoms with Crippen LogP contribution in [0.1, 0.15) is 5.69 Å². The van der Waals surface area contributed by atoms with Crippen LogP contribution in [0.3, 0.4) is 0 Å². The molecule has 5 heteroatoms. The van der Waals surface area contributed by atoms with Gasteiger partial charge in [-0.25, -0.2) is 9.37 Å². The van der Waals surface area contributed by atoms with E-state index in [9.17, 15) is 4.39 Å². The summed E-state index contributed by atoms with van der Waals surface area (Å²) in [6.07, 6.45) is 0. The summed E-state index contributed by atoms with van der Waals surface area (Å²) in [4.78, 5) is 4.06. The first kappa shape index (κ1) is 10.6. The molecule has 0 saturated heterocycles. The van der Waals surface area contributed by atoms with Gasteiger partial charge in [0, 0.05) is 5.38 Å². The number of methoxy groups -OCH3 is 1. The highest BCUT2D eigenvalue weighted by molar-refractivity contribution is 7.13. The van der Waals surface area contributed by atoms with Crippen molar-refractivity contribution in [2.75, 3.05) is 7.11 Å². The third-order valence-corrected chi connectivity index (χ3v) is 2.89. The summed E-state index contributed by atoms with van der Waals surface area (Å²) in [5, 5.41) is 10.9. The van der Waals surface area contributed by atoms with Crippen molar-refractivity contribution < 1.29 is 9.13 Å². The summed E-state index contributed by atoms with van der Waals surface area (Å²) in [6, 6.07) is 6.14. The lowest BCUT2D eigenvalue weighted by Crippen LogP contribution is -1.89. The minimum atomic E-state index is -0.357. The Balaban J connectivity index is 2.54. The maximum atomic E-state index is 13.1. The number of nitrogens with zero attached hydrogens (tertiary/aromatic N) is 2. The quantitative estimate of drug-likeness (QED) is 0.802. The zero-order chi connectivity index (χ0) is 11.5. The fraction of sp³-hybridized carbons (Fsp3) is 0.0909. The first-order valence-electron chi connectivity index (χ1n) is 4.44. The van der Waals surface area contributed by atoms with Crippen molar-refractivity contribution in [3.63, 3.8) is 0 Å². The summed E-state index contributed by atoms with van der Waals surface area (Å²) in [5.41, 5.74) is 0.889. The van der Waals surface area contributed by atoms with Crippen LogP contribution < -0.4 is 4.74 Å². The van der Waals surface area contributed by atoms with Crippen LogP contribution in [-0.2, 0) is 0 Å². The molecule has 0 bridgehead atoms. The fourth-order valence-corrected chi connectivity index (χ4v) is 2.06. The number of halogens is 1. The fourth-order valence-electron chi connectivity index (χ4n) is 1.30. The number of hydrogen-bond acceptors (Lipinski definition) is 4. The molecule has 2 aromatic rings. The first-order valence-corrected chi connectivity index (χ1v) is 5.32. The molecular weight excluding hydrogens is 227 g/mol. The average Bonchev–Trinajstić information content (AvgIpc) is 2.77. The van der Waals surface area contributed by atoms with Gasteiger partial charge in [0.2, 0.25) is 0 Å². The molecule has 0 saturated carbocycles. The van der Waals surface area contributed by atoms with Crippen LogP contribution in [0.25, 0.3) is 10.6 Å². The molecule has 1 aromatic heterocycles. The van der Waals surface area contributed by atoms with Crippen LogP contribution in [0, 0.1) is 17.1 Å². The Kier molecular flexibility index (Phi) is 2.84. The Morgan fingerprint density at radius 1 is 1.50 bits per heavy atom. The zero-order valence-corrected chi connectivity index (χ0v) is 9.21. The van der Waals surface area contributed by atoms with E-state index in [1.165, 1.54) is 36.6 Å². The highest BCUT2D eigenvalue weighted by Crippen LogP contribution is 2.32. The van der Waals surface area contributed by atoms with Gasteiger partial charge in [-0.1, -0.05) is 0 Å². The third-order valence-electron chi connectivity index (χ3n) is 2.01. The standard InChI is InChI=1S/C11H7FN2OS/c1-15-10-3-2-7(12)4-9(10)11-14-8(5-13)6-16-11/h2-4,6H,1H3. The Morgan fingerprint density at radius 2 is 2.31 bits per heavy atom. The molecule has 0 spiro atoms. The molecule has 0 atom stereocenters. The van der Waals surface area contributed by atoms with Gasteiger partial charge in [0.25, 0.3) is 0 Å². The molecule has 80 valence electrons. The SMILES string of the molecule is COc1ccc(F)cc1-c1nc(C#N)cs1. The van der Waals surface area contributed by atoms with Crippen molar-refractivity contribution in [1.29, 1.82) is 5.26 Å². The lowest BCUT2D eigenvalue weighted by Gasteiger charge is -2.05. The molecular formula is C11H7FN2OS. The van der Waals surface area contributed by atoms with E-state index < -0.39 is 0 Å². The van der Waals surface area contributed by atoms with Crippen LogP contribution in [0.2, 0.25) is 0 Å². The minimum Gasteiger partial charge on any atom is -0.496 e. The van der Waals surface area contributed by atoms with Gasteiger partial charge in [-0.3, -0.25) is 0 Å². The molecule has 1 aromatic carbocycles. The number of nitriles is 1. The van der Waals surface area contributed by atoms with E-state index in [0.717, 1.165) is 0 Å². The van der Waals surface area contributed by atoms with Gasteiger partial charge < -0.3 is 4.74 Å². The van der Waals surface area contributed by atoms with E-state index >= 15 is 0 Å². The number of hydrogen-bond donors (Lipinski definition) is 0. The van der Waals surface area contributed by atoms with Gasteiger partial charge in [-0.15, -0.1) is 11.3 Å². The average molecular weight is 234 g/mol. The van der Waals surface area contributed by atoms with Gasteiger partial charge in [0.05, 0.1) is 12.7 Å². The minimum absolute atomic E-state index is 0.325. The second-order valence-electron chi connectivity index (χ2n) is 2.99. The molecule has 0 aliphatic heterocycles. The normalized spacial score (nSPS) is 9.81. The Morgan fingerprint density at radius 3 is 2.94 bits per heavy atom. The maximum Gasteiger partial charge on any atom is 0.152 e. The van der Waals surface area contributed by atoms with Crippen LogP contribution in [0.4, 0.5) is 4.39 Å². The topological polar surface area (TPSA) is 45.9 Å². The second-order valence-corrected chi connectivity index (χ2v) is 3.85. The molecule has 0 aliphatic rings. The molecule has 0 unspecified atom stereocenters. The number of ether oxygens (including phenoxy) is 1. The van der Waals surface area contributed by atoms with Crippen LogP contribution in [0.15, 0.2) is 23.6 Å². The van der Waals surface area contributed by atoms with Gasteiger partial charge in [0.15, 0.2) is 5.69 Å². The van der Waals surface area contributed by atoms with E-state index in [1.54, 1.807) is 5.38 Å². The summed E-state index contributed by atoms with van der Waals surface area (Å²) < 4.78 is 18.2. The molecule has 1 heterocycles. The molecule has 0 aliphatic carbocycles. The van der Waals surface area contributed by atoms with E-state index in [2.05, 4.69) is 4.98 Å². The van der Waals surface area contributed by atoms with Crippen molar-refractivity contribution in [3.8, 4) is 22.4 Å². The number of benzene rings is 1. The van der Waals surface area contributed by atoms with E-state index in [1.807, 2.05) is 6.07 Å². The van der Waals surface area contributed by atoms with Gasteiger partial charge in [0.1, 0.15) is 22.6 Å². The van der Waals surface area contributed by atoms with E-state index in [4.69, 9.17) is 10.00 Å². The Hall–Kier alpha value is -1.93. The summed E-state index contributed by atoms with van der Waals surface area (Å²) >= 11 is 1.29. The zero-order valence-electron chi connectivity index (χ0n) is 8.40. The van der Waals surface area contributed by atoms with Gasteiger partial charge in [-0.05, 0) is 18.2 Å². The summed E-state index contributed by atoms with van der Waals surface area (Å²) in [5.74, 6) is 0.185. The second kappa shape index (κ2) is 4.29. The van der Waals surface area contributed by atoms with Gasteiger partial charge >= 0.3 is 0 Å². The molecule has 0 amide bonds. The third kappa shape index (κ3) is 1.88. The summed E-state index contributed by atoms with van der Waals surface area (Å²) in [6.45, 7) is 0. The molecule has 16 heavy (non-hydrogen) atoms. The predicted molar refractivity (Wildman–Crippen MR) is 58.8 cm³/mol. The van der Waals surface area contributed by atoms with Crippen molar-refractivity contribution in [2.24, 2.45) is 0 Å². The lowest BCUT2D eigenvalue weighted by atomic mass is 10.2. The smallest absolute Gasteiger partial charge is 0.152 e. The van der Waals surface area contributed by atoms with Crippen molar-refractivity contribution in [1.82, 2.24) is 4.98 Å². The van der Waals surface area contributed by atoms with Crippen LogP contribution in [0.5, 0.6) is 5.75 Å². The Bertz CT molecular complexity index is 559. The number of aromatic nitrogens is 1. The highest BCUT2D eigenvalue weighted by atomic mass is 32.1.